The van der Waals surface area contributed by atoms with Crippen molar-refractivity contribution in [2.24, 2.45) is 5.41 Å². The van der Waals surface area contributed by atoms with Crippen LogP contribution in [-0.4, -0.2) is 56.5 Å². The summed E-state index contributed by atoms with van der Waals surface area (Å²) in [7, 11) is 3.09. The van der Waals surface area contributed by atoms with Gasteiger partial charge in [-0.3, -0.25) is 4.90 Å². The molecule has 0 atom stereocenters. The van der Waals surface area contributed by atoms with Gasteiger partial charge in [0.2, 0.25) is 0 Å². The molecule has 25 heavy (non-hydrogen) atoms. The molecule has 2 aliphatic rings. The Bertz CT molecular complexity index is 614. The van der Waals surface area contributed by atoms with Crippen LogP contribution in [0.25, 0.3) is 0 Å². The Labute approximate surface area is 148 Å². The number of likely N-dealkylation sites (tertiary alicyclic amines) is 1. The Morgan fingerprint density at radius 1 is 1.16 bits per heavy atom. The van der Waals surface area contributed by atoms with E-state index in [4.69, 9.17) is 14.2 Å². The molecule has 0 aromatic heterocycles. The van der Waals surface area contributed by atoms with E-state index in [1.807, 2.05) is 0 Å². The van der Waals surface area contributed by atoms with E-state index in [1.54, 1.807) is 19.2 Å². The molecule has 1 aromatic rings. The summed E-state index contributed by atoms with van der Waals surface area (Å²) < 4.78 is 16.1. The molecule has 0 bridgehead atoms. The number of piperidine rings is 1. The van der Waals surface area contributed by atoms with E-state index >= 15 is 0 Å². The largest absolute Gasteiger partial charge is 0.497 e. The predicted molar refractivity (Wildman–Crippen MR) is 93.5 cm³/mol. The van der Waals surface area contributed by atoms with Crippen molar-refractivity contribution in [2.45, 2.75) is 32.2 Å². The van der Waals surface area contributed by atoms with Crippen molar-refractivity contribution in [2.75, 3.05) is 40.5 Å². The topological polar surface area (TPSA) is 68.2 Å². The summed E-state index contributed by atoms with van der Waals surface area (Å²) in [6.07, 6.45) is 4.59. The number of carbonyl (C=O) groups is 1. The molecule has 0 aliphatic carbocycles. The first-order valence-corrected chi connectivity index (χ1v) is 8.85. The lowest BCUT2D eigenvalue weighted by molar-refractivity contribution is -0.0219. The van der Waals surface area contributed by atoms with Crippen molar-refractivity contribution in [1.82, 2.24) is 4.90 Å². The van der Waals surface area contributed by atoms with Crippen LogP contribution in [0.3, 0.4) is 0 Å². The SMILES string of the molecule is COc1cc(OC)c(CN2CCC3(CCOCC3)CC2)c(C(=O)O)c1. The van der Waals surface area contributed by atoms with Gasteiger partial charge in [0.25, 0.3) is 0 Å². The molecule has 3 rings (SSSR count). The van der Waals surface area contributed by atoms with E-state index in [-0.39, 0.29) is 5.56 Å². The maximum absolute atomic E-state index is 11.7. The average Bonchev–Trinajstić information content (AvgIpc) is 2.64. The van der Waals surface area contributed by atoms with Gasteiger partial charge in [-0.25, -0.2) is 4.79 Å². The van der Waals surface area contributed by atoms with Gasteiger partial charge in [-0.1, -0.05) is 0 Å². The normalized spacial score (nSPS) is 20.4. The molecular weight excluding hydrogens is 322 g/mol. The summed E-state index contributed by atoms with van der Waals surface area (Å²) in [6.45, 7) is 4.29. The third-order valence-electron chi connectivity index (χ3n) is 5.72. The van der Waals surface area contributed by atoms with Crippen LogP contribution in [0.2, 0.25) is 0 Å². The quantitative estimate of drug-likeness (QED) is 0.882. The molecular formula is C19H27NO5. The van der Waals surface area contributed by atoms with E-state index < -0.39 is 5.97 Å². The summed E-state index contributed by atoms with van der Waals surface area (Å²) in [4.78, 5) is 14.0. The van der Waals surface area contributed by atoms with Gasteiger partial charge in [0.05, 0.1) is 19.8 Å². The van der Waals surface area contributed by atoms with Crippen LogP contribution in [0.1, 0.15) is 41.6 Å². The molecule has 6 heteroatoms. The molecule has 1 spiro atoms. The first kappa shape index (κ1) is 18.0. The van der Waals surface area contributed by atoms with Gasteiger partial charge in [-0.15, -0.1) is 0 Å². The highest BCUT2D eigenvalue weighted by Crippen LogP contribution is 2.41. The van der Waals surface area contributed by atoms with Crippen molar-refractivity contribution >= 4 is 5.97 Å². The number of benzene rings is 1. The summed E-state index contributed by atoms with van der Waals surface area (Å²) in [6, 6.07) is 3.33. The van der Waals surface area contributed by atoms with Gasteiger partial charge in [0.1, 0.15) is 11.5 Å². The molecule has 2 fully saturated rings. The third-order valence-corrected chi connectivity index (χ3v) is 5.72. The number of aromatic carboxylic acids is 1. The monoisotopic (exact) mass is 349 g/mol. The highest BCUT2D eigenvalue weighted by atomic mass is 16.5. The van der Waals surface area contributed by atoms with E-state index in [0.717, 1.165) is 57.6 Å². The van der Waals surface area contributed by atoms with Crippen LogP contribution in [0.15, 0.2) is 12.1 Å². The van der Waals surface area contributed by atoms with E-state index in [2.05, 4.69) is 4.90 Å². The third kappa shape index (κ3) is 3.90. The molecule has 0 amide bonds. The minimum atomic E-state index is -0.954. The van der Waals surface area contributed by atoms with E-state index in [1.165, 1.54) is 7.11 Å². The Morgan fingerprint density at radius 2 is 1.84 bits per heavy atom. The number of hydrogen-bond acceptors (Lipinski definition) is 5. The fraction of sp³-hybridized carbons (Fsp3) is 0.632. The van der Waals surface area contributed by atoms with Gasteiger partial charge in [0, 0.05) is 31.4 Å². The van der Waals surface area contributed by atoms with Crippen molar-refractivity contribution in [3.8, 4) is 11.5 Å². The second-order valence-corrected chi connectivity index (χ2v) is 7.05. The molecule has 2 saturated heterocycles. The Kier molecular flexibility index (Phi) is 5.49. The van der Waals surface area contributed by atoms with Crippen LogP contribution in [0.5, 0.6) is 11.5 Å². The molecule has 1 aromatic carbocycles. The van der Waals surface area contributed by atoms with Crippen molar-refractivity contribution in [1.29, 1.82) is 0 Å². The first-order valence-electron chi connectivity index (χ1n) is 8.85. The van der Waals surface area contributed by atoms with Crippen LogP contribution in [0, 0.1) is 5.41 Å². The number of hydrogen-bond donors (Lipinski definition) is 1. The highest BCUT2D eigenvalue weighted by Gasteiger charge is 2.36. The minimum Gasteiger partial charge on any atom is -0.497 e. The first-order chi connectivity index (χ1) is 12.1. The van der Waals surface area contributed by atoms with E-state index in [0.29, 0.717) is 23.5 Å². The molecule has 1 N–H and O–H groups in total. The van der Waals surface area contributed by atoms with Gasteiger partial charge >= 0.3 is 5.97 Å². The summed E-state index contributed by atoms with van der Waals surface area (Å²) >= 11 is 0. The van der Waals surface area contributed by atoms with Crippen LogP contribution in [-0.2, 0) is 11.3 Å². The van der Waals surface area contributed by atoms with Crippen molar-refractivity contribution in [3.63, 3.8) is 0 Å². The number of carboxylic acid groups (broad SMARTS) is 1. The smallest absolute Gasteiger partial charge is 0.336 e. The molecule has 0 saturated carbocycles. The maximum Gasteiger partial charge on any atom is 0.336 e. The Morgan fingerprint density at radius 3 is 2.40 bits per heavy atom. The summed E-state index contributed by atoms with van der Waals surface area (Å²) in [5.74, 6) is 0.117. The lowest BCUT2D eigenvalue weighted by Crippen LogP contribution is -2.42. The summed E-state index contributed by atoms with van der Waals surface area (Å²) in [5, 5.41) is 9.59. The Hall–Kier alpha value is -1.79. The van der Waals surface area contributed by atoms with Crippen LogP contribution < -0.4 is 9.47 Å². The van der Waals surface area contributed by atoms with Crippen molar-refractivity contribution in [3.05, 3.63) is 23.3 Å². The van der Waals surface area contributed by atoms with Crippen molar-refractivity contribution < 1.29 is 24.1 Å². The number of methoxy groups -OCH3 is 2. The fourth-order valence-electron chi connectivity index (χ4n) is 3.99. The zero-order valence-electron chi connectivity index (χ0n) is 15.0. The van der Waals surface area contributed by atoms with Gasteiger partial charge in [-0.05, 0) is 50.3 Å². The standard InChI is InChI=1S/C19H27NO5/c1-23-14-11-15(18(21)22)16(17(12-14)24-2)13-20-7-3-19(4-8-20)5-9-25-10-6-19/h11-12H,3-10,13H2,1-2H3,(H,21,22). The minimum absolute atomic E-state index is 0.252. The Balaban J connectivity index is 1.75. The highest BCUT2D eigenvalue weighted by molar-refractivity contribution is 5.91. The number of ether oxygens (including phenoxy) is 3. The maximum atomic E-state index is 11.7. The molecule has 2 aliphatic heterocycles. The fourth-order valence-corrected chi connectivity index (χ4v) is 3.99. The molecule has 0 unspecified atom stereocenters. The van der Waals surface area contributed by atoms with Gasteiger partial charge in [0.15, 0.2) is 0 Å². The average molecular weight is 349 g/mol. The van der Waals surface area contributed by atoms with Crippen LogP contribution >= 0.6 is 0 Å². The zero-order valence-corrected chi connectivity index (χ0v) is 15.0. The predicted octanol–water partition coefficient (Wildman–Crippen LogP) is 2.79. The summed E-state index contributed by atoms with van der Waals surface area (Å²) in [5.41, 5.74) is 1.40. The second-order valence-electron chi connectivity index (χ2n) is 7.05. The molecule has 138 valence electrons. The second kappa shape index (κ2) is 7.62. The number of carboxylic acids is 1. The zero-order chi connectivity index (χ0) is 17.9. The van der Waals surface area contributed by atoms with Crippen LogP contribution in [0.4, 0.5) is 0 Å². The van der Waals surface area contributed by atoms with Gasteiger partial charge in [-0.2, -0.15) is 0 Å². The number of nitrogens with zero attached hydrogens (tertiary/aromatic N) is 1. The lowest BCUT2D eigenvalue weighted by atomic mass is 9.72. The molecule has 2 heterocycles. The molecule has 6 nitrogen and oxygen atoms in total. The van der Waals surface area contributed by atoms with Gasteiger partial charge < -0.3 is 19.3 Å². The molecule has 0 radical (unpaired) electrons. The van der Waals surface area contributed by atoms with E-state index in [9.17, 15) is 9.90 Å². The lowest BCUT2D eigenvalue weighted by Gasteiger charge is -2.44. The number of rotatable bonds is 5.